The third kappa shape index (κ3) is 4.59. The van der Waals surface area contributed by atoms with Crippen LogP contribution < -0.4 is 5.32 Å². The standard InChI is InChI=1S/C9H17ClN4O/c1-2-14-9(12-8-13-14)7-11-4-6-15-5-3-10/h8,11H,2-7H2,1H3. The Morgan fingerprint density at radius 3 is 3.13 bits per heavy atom. The van der Waals surface area contributed by atoms with Crippen molar-refractivity contribution in [1.82, 2.24) is 20.1 Å². The average molecular weight is 233 g/mol. The SMILES string of the molecule is CCn1ncnc1CNCCOCCCl. The van der Waals surface area contributed by atoms with Gasteiger partial charge in [0, 0.05) is 19.0 Å². The van der Waals surface area contributed by atoms with Crippen molar-refractivity contribution in [3.8, 4) is 0 Å². The van der Waals surface area contributed by atoms with E-state index in [0.29, 0.717) is 19.1 Å². The maximum atomic E-state index is 5.47. The summed E-state index contributed by atoms with van der Waals surface area (Å²) in [6.45, 7) is 5.69. The molecule has 15 heavy (non-hydrogen) atoms. The van der Waals surface area contributed by atoms with Crippen LogP contribution in [0.5, 0.6) is 0 Å². The Kier molecular flexibility index (Phi) is 6.31. The van der Waals surface area contributed by atoms with Gasteiger partial charge in [-0.25, -0.2) is 9.67 Å². The monoisotopic (exact) mass is 232 g/mol. The Morgan fingerprint density at radius 1 is 1.53 bits per heavy atom. The summed E-state index contributed by atoms with van der Waals surface area (Å²) in [6, 6.07) is 0. The summed E-state index contributed by atoms with van der Waals surface area (Å²) >= 11 is 5.47. The van der Waals surface area contributed by atoms with Gasteiger partial charge in [0.05, 0.1) is 19.8 Å². The summed E-state index contributed by atoms with van der Waals surface area (Å²) in [5, 5.41) is 7.31. The molecule has 1 N–H and O–H groups in total. The quantitative estimate of drug-likeness (QED) is 0.528. The molecule has 0 aliphatic heterocycles. The smallest absolute Gasteiger partial charge is 0.140 e. The van der Waals surface area contributed by atoms with Crippen LogP contribution in [0.15, 0.2) is 6.33 Å². The number of aryl methyl sites for hydroxylation is 1. The van der Waals surface area contributed by atoms with Crippen molar-refractivity contribution < 1.29 is 4.74 Å². The van der Waals surface area contributed by atoms with Gasteiger partial charge in [-0.3, -0.25) is 0 Å². The number of aromatic nitrogens is 3. The molecule has 0 saturated carbocycles. The van der Waals surface area contributed by atoms with Crippen LogP contribution in [0.3, 0.4) is 0 Å². The minimum Gasteiger partial charge on any atom is -0.379 e. The zero-order valence-electron chi connectivity index (χ0n) is 8.95. The minimum absolute atomic E-state index is 0.546. The average Bonchev–Trinajstić information content (AvgIpc) is 2.70. The molecule has 0 aliphatic carbocycles. The van der Waals surface area contributed by atoms with Gasteiger partial charge in [-0.1, -0.05) is 0 Å². The number of rotatable bonds is 8. The van der Waals surface area contributed by atoms with E-state index in [2.05, 4.69) is 15.4 Å². The van der Waals surface area contributed by atoms with Crippen LogP contribution in [0.1, 0.15) is 12.7 Å². The second kappa shape index (κ2) is 7.62. The number of nitrogens with one attached hydrogen (secondary N) is 1. The van der Waals surface area contributed by atoms with E-state index in [4.69, 9.17) is 16.3 Å². The second-order valence-corrected chi connectivity index (χ2v) is 3.35. The molecule has 0 atom stereocenters. The molecule has 1 aromatic heterocycles. The van der Waals surface area contributed by atoms with Gasteiger partial charge in [-0.2, -0.15) is 5.10 Å². The summed E-state index contributed by atoms with van der Waals surface area (Å²) in [7, 11) is 0. The summed E-state index contributed by atoms with van der Waals surface area (Å²) in [5.74, 6) is 1.50. The van der Waals surface area contributed by atoms with Crippen LogP contribution in [0.2, 0.25) is 0 Å². The Bertz CT molecular complexity index is 266. The van der Waals surface area contributed by atoms with Crippen molar-refractivity contribution in [2.75, 3.05) is 25.6 Å². The summed E-state index contributed by atoms with van der Waals surface area (Å²) in [6.07, 6.45) is 1.57. The Morgan fingerprint density at radius 2 is 2.40 bits per heavy atom. The number of ether oxygens (including phenoxy) is 1. The minimum atomic E-state index is 0.546. The predicted octanol–water partition coefficient (Wildman–Crippen LogP) is 0.643. The van der Waals surface area contributed by atoms with E-state index in [1.54, 1.807) is 6.33 Å². The van der Waals surface area contributed by atoms with Crippen molar-refractivity contribution >= 4 is 11.6 Å². The van der Waals surface area contributed by atoms with Gasteiger partial charge in [0.15, 0.2) is 0 Å². The van der Waals surface area contributed by atoms with Gasteiger partial charge in [-0.15, -0.1) is 11.6 Å². The molecular weight excluding hydrogens is 216 g/mol. The molecule has 1 rings (SSSR count). The molecule has 5 nitrogen and oxygen atoms in total. The van der Waals surface area contributed by atoms with Crippen molar-refractivity contribution in [3.05, 3.63) is 12.2 Å². The fraction of sp³-hybridized carbons (Fsp3) is 0.778. The first-order chi connectivity index (χ1) is 7.38. The molecule has 1 heterocycles. The number of nitrogens with zero attached hydrogens (tertiary/aromatic N) is 3. The number of halogens is 1. The number of hydrogen-bond donors (Lipinski definition) is 1. The van der Waals surface area contributed by atoms with E-state index < -0.39 is 0 Å². The van der Waals surface area contributed by atoms with Crippen molar-refractivity contribution in [1.29, 1.82) is 0 Å². The van der Waals surface area contributed by atoms with E-state index in [1.807, 2.05) is 11.6 Å². The fourth-order valence-corrected chi connectivity index (χ4v) is 1.30. The molecule has 0 radical (unpaired) electrons. The van der Waals surface area contributed by atoms with Crippen LogP contribution in [0.4, 0.5) is 0 Å². The maximum Gasteiger partial charge on any atom is 0.140 e. The maximum absolute atomic E-state index is 5.47. The van der Waals surface area contributed by atoms with Crippen LogP contribution >= 0.6 is 11.6 Å². The molecule has 0 saturated heterocycles. The van der Waals surface area contributed by atoms with Gasteiger partial charge < -0.3 is 10.1 Å². The van der Waals surface area contributed by atoms with Crippen LogP contribution in [0, 0.1) is 0 Å². The van der Waals surface area contributed by atoms with Gasteiger partial charge in [0.1, 0.15) is 12.2 Å². The molecule has 0 spiro atoms. The van der Waals surface area contributed by atoms with Crippen LogP contribution in [-0.4, -0.2) is 40.4 Å². The Labute approximate surface area is 94.8 Å². The second-order valence-electron chi connectivity index (χ2n) is 2.97. The lowest BCUT2D eigenvalue weighted by Crippen LogP contribution is -2.22. The molecule has 86 valence electrons. The highest BCUT2D eigenvalue weighted by Gasteiger charge is 2.00. The molecule has 0 fully saturated rings. The first-order valence-electron chi connectivity index (χ1n) is 5.09. The van der Waals surface area contributed by atoms with Gasteiger partial charge in [0.2, 0.25) is 0 Å². The number of hydrogen-bond acceptors (Lipinski definition) is 4. The Hall–Kier alpha value is -0.650. The van der Waals surface area contributed by atoms with E-state index in [9.17, 15) is 0 Å². The number of alkyl halides is 1. The molecule has 6 heteroatoms. The third-order valence-electron chi connectivity index (χ3n) is 1.92. The largest absolute Gasteiger partial charge is 0.379 e. The highest BCUT2D eigenvalue weighted by molar-refractivity contribution is 6.17. The molecule has 0 amide bonds. The summed E-state index contributed by atoms with van der Waals surface area (Å²) in [5.41, 5.74) is 0. The first-order valence-corrected chi connectivity index (χ1v) is 5.63. The van der Waals surface area contributed by atoms with E-state index >= 15 is 0 Å². The van der Waals surface area contributed by atoms with Crippen molar-refractivity contribution in [2.45, 2.75) is 20.0 Å². The molecule has 0 unspecified atom stereocenters. The topological polar surface area (TPSA) is 52.0 Å². The summed E-state index contributed by atoms with van der Waals surface area (Å²) < 4.78 is 7.09. The molecule has 0 aliphatic rings. The lowest BCUT2D eigenvalue weighted by Gasteiger charge is -2.05. The first kappa shape index (κ1) is 12.4. The van der Waals surface area contributed by atoms with Crippen molar-refractivity contribution in [3.63, 3.8) is 0 Å². The highest BCUT2D eigenvalue weighted by atomic mass is 35.5. The molecule has 0 aromatic carbocycles. The molecular formula is C9H17ClN4O. The zero-order chi connectivity index (χ0) is 10.9. The lowest BCUT2D eigenvalue weighted by atomic mass is 10.5. The van der Waals surface area contributed by atoms with Crippen LogP contribution in [-0.2, 0) is 17.8 Å². The zero-order valence-corrected chi connectivity index (χ0v) is 9.70. The normalized spacial score (nSPS) is 10.8. The molecule has 1 aromatic rings. The predicted molar refractivity (Wildman–Crippen MR) is 58.9 cm³/mol. The highest BCUT2D eigenvalue weighted by Crippen LogP contribution is 1.92. The van der Waals surface area contributed by atoms with E-state index in [0.717, 1.165) is 25.5 Å². The van der Waals surface area contributed by atoms with Crippen LogP contribution in [0.25, 0.3) is 0 Å². The van der Waals surface area contributed by atoms with Gasteiger partial charge in [0.25, 0.3) is 0 Å². The third-order valence-corrected chi connectivity index (χ3v) is 2.08. The van der Waals surface area contributed by atoms with Crippen molar-refractivity contribution in [2.24, 2.45) is 0 Å². The fourth-order valence-electron chi connectivity index (χ4n) is 1.19. The van der Waals surface area contributed by atoms with Gasteiger partial charge >= 0.3 is 0 Å². The lowest BCUT2D eigenvalue weighted by molar-refractivity contribution is 0.150. The molecule has 0 bridgehead atoms. The van der Waals surface area contributed by atoms with Gasteiger partial charge in [-0.05, 0) is 6.92 Å². The van der Waals surface area contributed by atoms with E-state index in [-0.39, 0.29) is 0 Å². The summed E-state index contributed by atoms with van der Waals surface area (Å²) in [4.78, 5) is 4.15. The Balaban J connectivity index is 2.09. The van der Waals surface area contributed by atoms with E-state index in [1.165, 1.54) is 0 Å².